The highest BCUT2D eigenvalue weighted by molar-refractivity contribution is 5.92. The van der Waals surface area contributed by atoms with Gasteiger partial charge in [-0.3, -0.25) is 4.79 Å². The van der Waals surface area contributed by atoms with Gasteiger partial charge in [0.2, 0.25) is 5.91 Å². The molecule has 0 atom stereocenters. The summed E-state index contributed by atoms with van der Waals surface area (Å²) in [6.45, 7) is 2.90. The zero-order valence-electron chi connectivity index (χ0n) is 13.7. The van der Waals surface area contributed by atoms with Crippen LogP contribution in [0.15, 0.2) is 36.4 Å². The number of hydrogen-bond donors (Lipinski definition) is 1. The molecule has 0 aromatic heterocycles. The highest BCUT2D eigenvalue weighted by atomic mass is 16.5. The predicted octanol–water partition coefficient (Wildman–Crippen LogP) is 4.86. The molecule has 1 aromatic rings. The maximum absolute atomic E-state index is 10.9. The number of nitrogens with two attached hydrogens (primary N) is 1. The molecule has 122 valence electrons. The summed E-state index contributed by atoms with van der Waals surface area (Å²) in [4.78, 5) is 10.9. The van der Waals surface area contributed by atoms with E-state index >= 15 is 0 Å². The first-order valence-corrected chi connectivity index (χ1v) is 8.41. The fourth-order valence-electron chi connectivity index (χ4n) is 2.24. The molecule has 0 saturated carbocycles. The van der Waals surface area contributed by atoms with Crippen LogP contribution in [0.5, 0.6) is 5.75 Å². The molecule has 0 fully saturated rings. The van der Waals surface area contributed by atoms with Crippen LogP contribution in [0.2, 0.25) is 0 Å². The molecular weight excluding hydrogens is 274 g/mol. The van der Waals surface area contributed by atoms with Crippen molar-refractivity contribution in [2.45, 2.75) is 58.3 Å². The number of primary amides is 1. The third-order valence-electron chi connectivity index (χ3n) is 3.58. The first-order chi connectivity index (χ1) is 10.7. The van der Waals surface area contributed by atoms with Crippen LogP contribution < -0.4 is 10.5 Å². The van der Waals surface area contributed by atoms with E-state index in [1.807, 2.05) is 0 Å². The largest absolute Gasteiger partial charge is 0.493 e. The minimum Gasteiger partial charge on any atom is -0.493 e. The zero-order valence-corrected chi connectivity index (χ0v) is 13.7. The minimum atomic E-state index is -0.413. The van der Waals surface area contributed by atoms with E-state index in [1.54, 1.807) is 24.3 Å². The van der Waals surface area contributed by atoms with E-state index in [1.165, 1.54) is 44.9 Å². The monoisotopic (exact) mass is 303 g/mol. The summed E-state index contributed by atoms with van der Waals surface area (Å²) in [7, 11) is 0. The first kappa shape index (κ1) is 18.3. The van der Waals surface area contributed by atoms with Crippen LogP contribution in [0, 0.1) is 0 Å². The normalized spacial score (nSPS) is 11.0. The van der Waals surface area contributed by atoms with Crippen LogP contribution in [0.25, 0.3) is 0 Å². The van der Waals surface area contributed by atoms with Gasteiger partial charge in [0, 0.05) is 5.56 Å². The van der Waals surface area contributed by atoms with Crippen LogP contribution in [0.3, 0.4) is 0 Å². The van der Waals surface area contributed by atoms with E-state index in [0.29, 0.717) is 12.2 Å². The number of unbranched alkanes of at least 4 members (excludes halogenated alkanes) is 6. The summed E-state index contributed by atoms with van der Waals surface area (Å²) in [5, 5.41) is 0. The maximum atomic E-state index is 10.9. The van der Waals surface area contributed by atoms with Crippen LogP contribution >= 0.6 is 0 Å². The van der Waals surface area contributed by atoms with Crippen molar-refractivity contribution < 1.29 is 9.53 Å². The smallest absolute Gasteiger partial charge is 0.248 e. The number of rotatable bonds is 12. The zero-order chi connectivity index (χ0) is 16.0. The van der Waals surface area contributed by atoms with Gasteiger partial charge in [0.25, 0.3) is 0 Å². The lowest BCUT2D eigenvalue weighted by atomic mass is 10.1. The van der Waals surface area contributed by atoms with Crippen molar-refractivity contribution in [3.05, 3.63) is 42.0 Å². The molecular formula is C19H29NO2. The highest BCUT2D eigenvalue weighted by Crippen LogP contribution is 2.12. The van der Waals surface area contributed by atoms with E-state index in [9.17, 15) is 4.79 Å². The van der Waals surface area contributed by atoms with Crippen molar-refractivity contribution in [3.63, 3.8) is 0 Å². The fraction of sp³-hybridized carbons (Fsp3) is 0.526. The molecule has 0 aliphatic carbocycles. The van der Waals surface area contributed by atoms with Gasteiger partial charge >= 0.3 is 0 Å². The van der Waals surface area contributed by atoms with Crippen molar-refractivity contribution >= 4 is 5.91 Å². The molecule has 22 heavy (non-hydrogen) atoms. The topological polar surface area (TPSA) is 52.3 Å². The summed E-state index contributed by atoms with van der Waals surface area (Å²) in [5.74, 6) is 0.360. The molecule has 2 N–H and O–H groups in total. The first-order valence-electron chi connectivity index (χ1n) is 8.41. The van der Waals surface area contributed by atoms with Crippen molar-refractivity contribution in [3.8, 4) is 5.75 Å². The lowest BCUT2D eigenvalue weighted by molar-refractivity contribution is 0.100. The Morgan fingerprint density at radius 3 is 2.32 bits per heavy atom. The molecule has 3 heteroatoms. The second-order valence-corrected chi connectivity index (χ2v) is 5.55. The molecule has 0 aliphatic heterocycles. The Morgan fingerprint density at radius 1 is 1.00 bits per heavy atom. The standard InChI is InChI=1S/C19H29NO2/c1-2-3-4-5-6-7-8-9-10-11-16-22-18-14-12-17(13-15-18)19(20)21/h9-10,12-15H,2-8,11,16H2,1H3,(H2,20,21). The molecule has 0 saturated heterocycles. The van der Waals surface area contributed by atoms with Gasteiger partial charge < -0.3 is 10.5 Å². The molecule has 0 aliphatic rings. The summed E-state index contributed by atoms with van der Waals surface area (Å²) in [6.07, 6.45) is 14.6. The predicted molar refractivity (Wildman–Crippen MR) is 92.2 cm³/mol. The Kier molecular flexibility index (Phi) is 9.84. The fourth-order valence-corrected chi connectivity index (χ4v) is 2.24. The van der Waals surface area contributed by atoms with Crippen LogP contribution in [-0.4, -0.2) is 12.5 Å². The van der Waals surface area contributed by atoms with Gasteiger partial charge in [-0.1, -0.05) is 51.2 Å². The van der Waals surface area contributed by atoms with Crippen molar-refractivity contribution in [2.24, 2.45) is 5.73 Å². The van der Waals surface area contributed by atoms with Crippen LogP contribution in [-0.2, 0) is 0 Å². The number of benzene rings is 1. The summed E-state index contributed by atoms with van der Waals surface area (Å²) in [6, 6.07) is 6.93. The maximum Gasteiger partial charge on any atom is 0.248 e. The van der Waals surface area contributed by atoms with E-state index in [-0.39, 0.29) is 0 Å². The third-order valence-corrected chi connectivity index (χ3v) is 3.58. The van der Waals surface area contributed by atoms with Gasteiger partial charge in [-0.15, -0.1) is 0 Å². The van der Waals surface area contributed by atoms with Crippen LogP contribution in [0.1, 0.15) is 68.6 Å². The Bertz CT molecular complexity index is 437. The van der Waals surface area contributed by atoms with E-state index in [2.05, 4.69) is 19.1 Å². The third kappa shape index (κ3) is 8.50. The second kappa shape index (κ2) is 11.8. The average molecular weight is 303 g/mol. The molecule has 0 bridgehead atoms. The summed E-state index contributed by atoms with van der Waals surface area (Å²) >= 11 is 0. The van der Waals surface area contributed by atoms with Gasteiger partial charge in [-0.05, 0) is 43.5 Å². The minimum absolute atomic E-state index is 0.413. The molecule has 1 amide bonds. The van der Waals surface area contributed by atoms with Crippen molar-refractivity contribution in [1.29, 1.82) is 0 Å². The second-order valence-electron chi connectivity index (χ2n) is 5.55. The summed E-state index contributed by atoms with van der Waals surface area (Å²) in [5.41, 5.74) is 5.69. The Labute approximate surface area is 134 Å². The average Bonchev–Trinajstić information content (AvgIpc) is 2.53. The quantitative estimate of drug-likeness (QED) is 0.443. The van der Waals surface area contributed by atoms with Gasteiger partial charge in [-0.2, -0.15) is 0 Å². The van der Waals surface area contributed by atoms with Gasteiger partial charge in [-0.25, -0.2) is 0 Å². The molecule has 0 spiro atoms. The Hall–Kier alpha value is -1.77. The van der Waals surface area contributed by atoms with Crippen molar-refractivity contribution in [1.82, 2.24) is 0 Å². The number of ether oxygens (including phenoxy) is 1. The van der Waals surface area contributed by atoms with E-state index in [0.717, 1.165) is 12.2 Å². The SMILES string of the molecule is CCCCCCCCC=CCCOc1ccc(C(N)=O)cc1. The molecule has 3 nitrogen and oxygen atoms in total. The molecule has 0 unspecified atom stereocenters. The lowest BCUT2D eigenvalue weighted by Gasteiger charge is -2.04. The summed E-state index contributed by atoms with van der Waals surface area (Å²) < 4.78 is 5.61. The van der Waals surface area contributed by atoms with Gasteiger partial charge in [0.05, 0.1) is 6.61 Å². The Morgan fingerprint density at radius 2 is 1.64 bits per heavy atom. The number of hydrogen-bond acceptors (Lipinski definition) is 2. The van der Waals surface area contributed by atoms with E-state index < -0.39 is 5.91 Å². The van der Waals surface area contributed by atoms with E-state index in [4.69, 9.17) is 10.5 Å². The number of allylic oxidation sites excluding steroid dienone is 1. The molecule has 1 aromatic carbocycles. The molecule has 1 rings (SSSR count). The van der Waals surface area contributed by atoms with Gasteiger partial charge in [0.1, 0.15) is 5.75 Å². The van der Waals surface area contributed by atoms with Gasteiger partial charge in [0.15, 0.2) is 0 Å². The number of carbonyl (C=O) groups is 1. The Balaban J connectivity index is 2.02. The molecule has 0 radical (unpaired) electrons. The molecule has 0 heterocycles. The highest BCUT2D eigenvalue weighted by Gasteiger charge is 1.99. The van der Waals surface area contributed by atoms with Crippen LogP contribution in [0.4, 0.5) is 0 Å². The number of amides is 1. The van der Waals surface area contributed by atoms with Crippen molar-refractivity contribution in [2.75, 3.05) is 6.61 Å². The number of carbonyl (C=O) groups excluding carboxylic acids is 1. The lowest BCUT2D eigenvalue weighted by Crippen LogP contribution is -2.10.